The average molecular weight is 364 g/mol. The van der Waals surface area contributed by atoms with E-state index in [1.54, 1.807) is 11.8 Å². The minimum absolute atomic E-state index is 0.0465. The molecule has 1 unspecified atom stereocenters. The Kier molecular flexibility index (Phi) is 6.33. The highest BCUT2D eigenvalue weighted by Gasteiger charge is 2.09. The smallest absolute Gasteiger partial charge is 0.230 e. The summed E-state index contributed by atoms with van der Waals surface area (Å²) in [5.41, 5.74) is 2.35. The number of halogens is 1. The number of nitrogens with one attached hydrogen (secondary N) is 1. The van der Waals surface area contributed by atoms with Crippen molar-refractivity contribution in [3.63, 3.8) is 0 Å². The van der Waals surface area contributed by atoms with E-state index in [9.17, 15) is 4.79 Å². The van der Waals surface area contributed by atoms with Gasteiger partial charge in [0.15, 0.2) is 0 Å². The van der Waals surface area contributed by atoms with Gasteiger partial charge in [0.1, 0.15) is 0 Å². The van der Waals surface area contributed by atoms with Crippen LogP contribution < -0.4 is 5.32 Å². The van der Waals surface area contributed by atoms with Crippen molar-refractivity contribution in [3.8, 4) is 0 Å². The Morgan fingerprint density at radius 1 is 1.19 bits per heavy atom. The Labute approximate surface area is 138 Å². The van der Waals surface area contributed by atoms with E-state index in [1.165, 1.54) is 5.56 Å². The normalized spacial score (nSPS) is 11.9. The van der Waals surface area contributed by atoms with Gasteiger partial charge in [0.25, 0.3) is 0 Å². The molecule has 2 aromatic carbocycles. The second-order valence-electron chi connectivity index (χ2n) is 4.82. The van der Waals surface area contributed by atoms with Gasteiger partial charge >= 0.3 is 0 Å². The fourth-order valence-corrected chi connectivity index (χ4v) is 3.23. The highest BCUT2D eigenvalue weighted by atomic mass is 79.9. The van der Waals surface area contributed by atoms with Crippen molar-refractivity contribution in [3.05, 3.63) is 70.2 Å². The predicted octanol–water partition coefficient (Wildman–Crippen LogP) is 4.56. The fraction of sp³-hybridized carbons (Fsp3) is 0.235. The van der Waals surface area contributed by atoms with E-state index in [4.69, 9.17) is 0 Å². The molecule has 0 aliphatic rings. The van der Waals surface area contributed by atoms with Crippen molar-refractivity contribution >= 4 is 33.6 Å². The van der Waals surface area contributed by atoms with Crippen LogP contribution in [-0.4, -0.2) is 11.7 Å². The van der Waals surface area contributed by atoms with Crippen LogP contribution in [0.3, 0.4) is 0 Å². The van der Waals surface area contributed by atoms with Gasteiger partial charge in [-0.1, -0.05) is 58.4 Å². The van der Waals surface area contributed by atoms with Crippen molar-refractivity contribution in [2.24, 2.45) is 0 Å². The van der Waals surface area contributed by atoms with Crippen LogP contribution in [0.15, 0.2) is 59.1 Å². The van der Waals surface area contributed by atoms with Gasteiger partial charge in [0.05, 0.1) is 11.8 Å². The summed E-state index contributed by atoms with van der Waals surface area (Å²) in [6.45, 7) is 2.01. The minimum atomic E-state index is 0.0465. The third-order valence-electron chi connectivity index (χ3n) is 3.07. The number of hydrogen-bond acceptors (Lipinski definition) is 2. The molecule has 0 aromatic heterocycles. The lowest BCUT2D eigenvalue weighted by Crippen LogP contribution is -2.28. The van der Waals surface area contributed by atoms with E-state index in [2.05, 4.69) is 33.4 Å². The molecule has 0 aliphatic heterocycles. The maximum atomic E-state index is 11.9. The van der Waals surface area contributed by atoms with Gasteiger partial charge in [-0.15, -0.1) is 11.8 Å². The molecule has 110 valence electrons. The third kappa shape index (κ3) is 5.56. The lowest BCUT2D eigenvalue weighted by atomic mass is 10.1. The first kappa shape index (κ1) is 16.1. The van der Waals surface area contributed by atoms with Gasteiger partial charge in [-0.2, -0.15) is 0 Å². The Morgan fingerprint density at radius 3 is 2.67 bits per heavy atom. The lowest BCUT2D eigenvalue weighted by molar-refractivity contribution is -0.119. The van der Waals surface area contributed by atoms with Crippen LogP contribution >= 0.6 is 27.7 Å². The Bertz CT molecular complexity index is 588. The number of thioether (sulfide) groups is 1. The third-order valence-corrected chi connectivity index (χ3v) is 4.57. The molecule has 0 saturated carbocycles. The van der Waals surface area contributed by atoms with E-state index in [-0.39, 0.29) is 11.9 Å². The zero-order valence-corrected chi connectivity index (χ0v) is 14.3. The quantitative estimate of drug-likeness (QED) is 0.814. The van der Waals surface area contributed by atoms with Crippen LogP contribution in [0.4, 0.5) is 0 Å². The molecule has 4 heteroatoms. The zero-order valence-electron chi connectivity index (χ0n) is 11.9. The SMILES string of the molecule is CC(NC(=O)CSCc1cccc(Br)c1)c1ccccc1. The van der Waals surface area contributed by atoms with Crippen molar-refractivity contribution in [2.75, 3.05) is 5.75 Å². The average Bonchev–Trinajstić information content (AvgIpc) is 2.48. The van der Waals surface area contributed by atoms with Crippen molar-refractivity contribution in [2.45, 2.75) is 18.7 Å². The Hall–Kier alpha value is -1.26. The summed E-state index contributed by atoms with van der Waals surface area (Å²) < 4.78 is 1.07. The maximum Gasteiger partial charge on any atom is 0.230 e. The molecule has 0 spiro atoms. The maximum absolute atomic E-state index is 11.9. The van der Waals surface area contributed by atoms with Gasteiger partial charge in [-0.05, 0) is 30.2 Å². The van der Waals surface area contributed by atoms with Gasteiger partial charge in [0.2, 0.25) is 5.91 Å². The van der Waals surface area contributed by atoms with E-state index >= 15 is 0 Å². The van der Waals surface area contributed by atoms with Crippen LogP contribution in [0.5, 0.6) is 0 Å². The van der Waals surface area contributed by atoms with E-state index in [0.29, 0.717) is 5.75 Å². The summed E-state index contributed by atoms with van der Waals surface area (Å²) in [4.78, 5) is 11.9. The first-order chi connectivity index (χ1) is 10.1. The summed E-state index contributed by atoms with van der Waals surface area (Å²) in [5.74, 6) is 1.39. The predicted molar refractivity (Wildman–Crippen MR) is 93.3 cm³/mol. The van der Waals surface area contributed by atoms with E-state index < -0.39 is 0 Å². The first-order valence-corrected chi connectivity index (χ1v) is 8.76. The van der Waals surface area contributed by atoms with Crippen molar-refractivity contribution in [1.29, 1.82) is 0 Å². The topological polar surface area (TPSA) is 29.1 Å². The molecule has 1 N–H and O–H groups in total. The first-order valence-electron chi connectivity index (χ1n) is 6.81. The summed E-state index contributed by atoms with van der Waals surface area (Å²) >= 11 is 5.08. The molecule has 2 nitrogen and oxygen atoms in total. The number of carbonyl (C=O) groups excluding carboxylic acids is 1. The van der Waals surface area contributed by atoms with E-state index in [1.807, 2.05) is 49.4 Å². The number of rotatable bonds is 6. The molecule has 2 aromatic rings. The van der Waals surface area contributed by atoms with Gasteiger partial charge in [-0.25, -0.2) is 0 Å². The number of hydrogen-bond donors (Lipinski definition) is 1. The molecule has 0 aliphatic carbocycles. The zero-order chi connectivity index (χ0) is 15.1. The van der Waals surface area contributed by atoms with Crippen LogP contribution in [0.1, 0.15) is 24.1 Å². The standard InChI is InChI=1S/C17H18BrNOS/c1-13(15-7-3-2-4-8-15)19-17(20)12-21-11-14-6-5-9-16(18)10-14/h2-10,13H,11-12H2,1H3,(H,19,20). The Balaban J connectivity index is 1.75. The van der Waals surface area contributed by atoms with Crippen molar-refractivity contribution in [1.82, 2.24) is 5.32 Å². The second-order valence-corrected chi connectivity index (χ2v) is 6.72. The molecule has 21 heavy (non-hydrogen) atoms. The number of amides is 1. The van der Waals surface area contributed by atoms with Crippen LogP contribution in [0.2, 0.25) is 0 Å². The van der Waals surface area contributed by atoms with Gasteiger partial charge in [0, 0.05) is 10.2 Å². The summed E-state index contributed by atoms with van der Waals surface area (Å²) in [7, 11) is 0. The number of carbonyl (C=O) groups is 1. The lowest BCUT2D eigenvalue weighted by Gasteiger charge is -2.14. The summed E-state index contributed by atoms with van der Waals surface area (Å²) in [6.07, 6.45) is 0. The number of benzene rings is 2. The van der Waals surface area contributed by atoms with Gasteiger partial charge in [-0.3, -0.25) is 4.79 Å². The minimum Gasteiger partial charge on any atom is -0.349 e. The molecule has 0 saturated heterocycles. The van der Waals surface area contributed by atoms with Gasteiger partial charge < -0.3 is 5.32 Å². The molecule has 0 heterocycles. The highest BCUT2D eigenvalue weighted by Crippen LogP contribution is 2.17. The monoisotopic (exact) mass is 363 g/mol. The van der Waals surface area contributed by atoms with Crippen LogP contribution in [0.25, 0.3) is 0 Å². The molecular weight excluding hydrogens is 346 g/mol. The second kappa shape index (κ2) is 8.25. The molecule has 0 bridgehead atoms. The summed E-state index contributed by atoms with van der Waals surface area (Å²) in [6, 6.07) is 18.2. The van der Waals surface area contributed by atoms with Crippen LogP contribution in [-0.2, 0) is 10.5 Å². The largest absolute Gasteiger partial charge is 0.349 e. The summed E-state index contributed by atoms with van der Waals surface area (Å²) in [5, 5.41) is 3.02. The van der Waals surface area contributed by atoms with E-state index in [0.717, 1.165) is 15.8 Å². The Morgan fingerprint density at radius 2 is 1.95 bits per heavy atom. The molecule has 0 fully saturated rings. The molecule has 1 amide bonds. The molecular formula is C17H18BrNOS. The molecule has 0 radical (unpaired) electrons. The van der Waals surface area contributed by atoms with Crippen LogP contribution in [0, 0.1) is 0 Å². The fourth-order valence-electron chi connectivity index (χ4n) is 2.00. The van der Waals surface area contributed by atoms with Crippen molar-refractivity contribution < 1.29 is 4.79 Å². The molecule has 1 atom stereocenters. The highest BCUT2D eigenvalue weighted by molar-refractivity contribution is 9.10. The molecule has 2 rings (SSSR count).